The third kappa shape index (κ3) is 0.990. The molecule has 0 amide bonds. The molecule has 0 saturated heterocycles. The summed E-state index contributed by atoms with van der Waals surface area (Å²) in [6, 6.07) is 0. The molecule has 0 aromatic rings. The zero-order chi connectivity index (χ0) is 7.02. The van der Waals surface area contributed by atoms with Crippen LogP contribution in [0.3, 0.4) is 0 Å². The van der Waals surface area contributed by atoms with E-state index in [0.717, 1.165) is 0 Å². The summed E-state index contributed by atoms with van der Waals surface area (Å²) in [4.78, 5) is 21.2. The second kappa shape index (κ2) is 2.10. The van der Waals surface area contributed by atoms with Gasteiger partial charge in [-0.1, -0.05) is 6.92 Å². The van der Waals surface area contributed by atoms with Gasteiger partial charge in [0, 0.05) is 6.42 Å². The van der Waals surface area contributed by atoms with Gasteiger partial charge in [0.25, 0.3) is 0 Å². The highest BCUT2D eigenvalue weighted by atomic mass is 35.5. The molecule has 0 N–H and O–H groups in total. The maximum atomic E-state index is 10.6. The Morgan fingerprint density at radius 2 is 2.11 bits per heavy atom. The van der Waals surface area contributed by atoms with E-state index >= 15 is 0 Å². The van der Waals surface area contributed by atoms with Crippen molar-refractivity contribution in [1.82, 2.24) is 0 Å². The lowest BCUT2D eigenvalue weighted by molar-refractivity contribution is -0.133. The predicted molar refractivity (Wildman–Crippen MR) is 33.4 cm³/mol. The normalized spacial score (nSPS) is 35.8. The molecule has 2 atom stereocenters. The second-order valence-corrected chi connectivity index (χ2v) is 2.84. The van der Waals surface area contributed by atoms with Gasteiger partial charge in [-0.25, -0.2) is 0 Å². The van der Waals surface area contributed by atoms with Crippen LogP contribution < -0.4 is 0 Å². The lowest BCUT2D eigenvalue weighted by atomic mass is 10.1. The Bertz CT molecular complexity index is 164. The summed E-state index contributed by atoms with van der Waals surface area (Å²) >= 11 is 5.54. The van der Waals surface area contributed by atoms with Crippen LogP contribution in [0.2, 0.25) is 0 Å². The van der Waals surface area contributed by atoms with Crippen LogP contribution in [-0.2, 0) is 9.59 Å². The number of rotatable bonds is 0. The van der Waals surface area contributed by atoms with Crippen LogP contribution in [0.15, 0.2) is 0 Å². The average Bonchev–Trinajstić information content (AvgIpc) is 1.98. The molecule has 50 valence electrons. The standard InChI is InChI=1S/C6H7ClO2/c1-3-2-4(8)6(9)5(3)7/h3,5H,2H2,1H3. The molecule has 3 heteroatoms. The Morgan fingerprint density at radius 1 is 1.56 bits per heavy atom. The average molecular weight is 147 g/mol. The van der Waals surface area contributed by atoms with Crippen molar-refractivity contribution >= 4 is 23.2 Å². The van der Waals surface area contributed by atoms with Gasteiger partial charge in [-0.3, -0.25) is 9.59 Å². The van der Waals surface area contributed by atoms with Crippen LogP contribution in [0.4, 0.5) is 0 Å². The van der Waals surface area contributed by atoms with Crippen molar-refractivity contribution in [2.45, 2.75) is 18.7 Å². The van der Waals surface area contributed by atoms with Gasteiger partial charge >= 0.3 is 0 Å². The highest BCUT2D eigenvalue weighted by Crippen LogP contribution is 2.23. The molecule has 0 aromatic carbocycles. The molecular weight excluding hydrogens is 140 g/mol. The van der Waals surface area contributed by atoms with Crippen LogP contribution in [0.5, 0.6) is 0 Å². The predicted octanol–water partition coefficient (Wildman–Crippen LogP) is 0.772. The fraction of sp³-hybridized carbons (Fsp3) is 0.667. The molecule has 0 radical (unpaired) electrons. The smallest absolute Gasteiger partial charge is 0.216 e. The first kappa shape index (κ1) is 6.75. The Kier molecular flexibility index (Phi) is 1.58. The van der Waals surface area contributed by atoms with E-state index in [4.69, 9.17) is 11.6 Å². The van der Waals surface area contributed by atoms with Crippen molar-refractivity contribution in [3.8, 4) is 0 Å². The number of alkyl halides is 1. The Labute approximate surface area is 58.2 Å². The van der Waals surface area contributed by atoms with Crippen molar-refractivity contribution in [2.24, 2.45) is 5.92 Å². The van der Waals surface area contributed by atoms with E-state index in [-0.39, 0.29) is 11.7 Å². The van der Waals surface area contributed by atoms with Gasteiger partial charge in [0.1, 0.15) is 5.38 Å². The molecule has 1 saturated carbocycles. The maximum Gasteiger partial charge on any atom is 0.216 e. The third-order valence-electron chi connectivity index (χ3n) is 1.53. The van der Waals surface area contributed by atoms with Crippen molar-refractivity contribution in [1.29, 1.82) is 0 Å². The number of carbonyl (C=O) groups is 2. The molecule has 0 aromatic heterocycles. The minimum absolute atomic E-state index is 0.0340. The van der Waals surface area contributed by atoms with E-state index in [2.05, 4.69) is 0 Å². The number of Topliss-reactive ketones (excluding diaryl/α,β-unsaturated/α-hetero) is 2. The largest absolute Gasteiger partial charge is 0.291 e. The van der Waals surface area contributed by atoms with E-state index in [1.807, 2.05) is 0 Å². The van der Waals surface area contributed by atoms with Crippen molar-refractivity contribution in [2.75, 3.05) is 0 Å². The quantitative estimate of drug-likeness (QED) is 0.374. The monoisotopic (exact) mass is 146 g/mol. The number of ketones is 2. The van der Waals surface area contributed by atoms with Crippen LogP contribution in [0.1, 0.15) is 13.3 Å². The van der Waals surface area contributed by atoms with Crippen LogP contribution in [0.25, 0.3) is 0 Å². The van der Waals surface area contributed by atoms with E-state index < -0.39 is 11.2 Å². The summed E-state index contributed by atoms with van der Waals surface area (Å²) in [5, 5.41) is -0.558. The molecule has 1 fully saturated rings. The van der Waals surface area contributed by atoms with Crippen LogP contribution in [-0.4, -0.2) is 16.9 Å². The highest BCUT2D eigenvalue weighted by Gasteiger charge is 2.36. The van der Waals surface area contributed by atoms with Crippen LogP contribution >= 0.6 is 11.6 Å². The third-order valence-corrected chi connectivity index (χ3v) is 2.16. The summed E-state index contributed by atoms with van der Waals surface area (Å²) < 4.78 is 0. The molecule has 0 spiro atoms. The summed E-state index contributed by atoms with van der Waals surface area (Å²) in [6.07, 6.45) is 0.326. The SMILES string of the molecule is CC1CC(=O)C(=O)C1Cl. The van der Waals surface area contributed by atoms with E-state index in [0.29, 0.717) is 6.42 Å². The number of hydrogen-bond donors (Lipinski definition) is 0. The van der Waals surface area contributed by atoms with Gasteiger partial charge in [-0.2, -0.15) is 0 Å². The summed E-state index contributed by atoms with van der Waals surface area (Å²) in [6.45, 7) is 1.81. The fourth-order valence-electron chi connectivity index (χ4n) is 0.909. The molecule has 2 nitrogen and oxygen atoms in total. The van der Waals surface area contributed by atoms with Crippen molar-refractivity contribution < 1.29 is 9.59 Å². The minimum Gasteiger partial charge on any atom is -0.291 e. The number of carbonyl (C=O) groups excluding carboxylic acids is 2. The number of hydrogen-bond acceptors (Lipinski definition) is 2. The highest BCUT2D eigenvalue weighted by molar-refractivity contribution is 6.51. The van der Waals surface area contributed by atoms with Gasteiger partial charge in [0.2, 0.25) is 5.78 Å². The van der Waals surface area contributed by atoms with Gasteiger partial charge in [0.15, 0.2) is 5.78 Å². The van der Waals surface area contributed by atoms with Gasteiger partial charge in [-0.05, 0) is 5.92 Å². The lowest BCUT2D eigenvalue weighted by Crippen LogP contribution is -2.14. The Balaban J connectivity index is 2.77. The zero-order valence-electron chi connectivity index (χ0n) is 5.06. The molecule has 0 heterocycles. The molecule has 9 heavy (non-hydrogen) atoms. The first-order chi connectivity index (χ1) is 4.13. The summed E-state index contributed by atoms with van der Waals surface area (Å²) in [5.74, 6) is -0.696. The van der Waals surface area contributed by atoms with E-state index in [1.54, 1.807) is 6.92 Å². The van der Waals surface area contributed by atoms with E-state index in [1.165, 1.54) is 0 Å². The molecule has 1 aliphatic carbocycles. The van der Waals surface area contributed by atoms with Gasteiger partial charge in [-0.15, -0.1) is 11.6 Å². The van der Waals surface area contributed by atoms with E-state index in [9.17, 15) is 9.59 Å². The Hall–Kier alpha value is -0.370. The van der Waals surface area contributed by atoms with Crippen LogP contribution in [0, 0.1) is 5.92 Å². The molecule has 2 unspecified atom stereocenters. The maximum absolute atomic E-state index is 10.6. The van der Waals surface area contributed by atoms with Gasteiger partial charge < -0.3 is 0 Å². The van der Waals surface area contributed by atoms with Crippen molar-refractivity contribution in [3.63, 3.8) is 0 Å². The van der Waals surface area contributed by atoms with Crippen molar-refractivity contribution in [3.05, 3.63) is 0 Å². The zero-order valence-corrected chi connectivity index (χ0v) is 5.81. The summed E-state index contributed by atoms with van der Waals surface area (Å²) in [5.41, 5.74) is 0. The first-order valence-electron chi connectivity index (χ1n) is 2.84. The molecule has 0 aliphatic heterocycles. The lowest BCUT2D eigenvalue weighted by Gasteiger charge is -1.99. The topological polar surface area (TPSA) is 34.1 Å². The molecular formula is C6H7ClO2. The minimum atomic E-state index is -0.558. The molecule has 1 aliphatic rings. The summed E-state index contributed by atoms with van der Waals surface area (Å²) in [7, 11) is 0. The Morgan fingerprint density at radius 3 is 2.22 bits per heavy atom. The first-order valence-corrected chi connectivity index (χ1v) is 3.27. The molecule has 0 bridgehead atoms. The number of halogens is 1. The fourth-order valence-corrected chi connectivity index (χ4v) is 1.12. The molecule has 1 rings (SSSR count). The second-order valence-electron chi connectivity index (χ2n) is 2.37. The van der Waals surface area contributed by atoms with Gasteiger partial charge in [0.05, 0.1) is 0 Å².